The molecule has 140 valence electrons. The van der Waals surface area contributed by atoms with Crippen LogP contribution in [0, 0.1) is 12.8 Å². The van der Waals surface area contributed by atoms with E-state index in [4.69, 9.17) is 0 Å². The van der Waals surface area contributed by atoms with Crippen molar-refractivity contribution in [3.8, 4) is 10.6 Å². The molecule has 1 aliphatic rings. The Morgan fingerprint density at radius 2 is 2.00 bits per heavy atom. The highest BCUT2D eigenvalue weighted by molar-refractivity contribution is 7.91. The molecule has 5 nitrogen and oxygen atoms in total. The molecule has 0 radical (unpaired) electrons. The number of carbonyl (C=O) groups is 1. The standard InChI is InChI=1S/C20H20N2O3S2/c1-13-2-7-17-18(10-13)26-20(22-17)15-3-5-16(6-4-15)21-19(23)11-14-8-9-27(24,25)12-14/h2-7,10,14H,8-9,11-12H2,1H3,(H,21,23)/t14-/m0/s1. The van der Waals surface area contributed by atoms with E-state index in [1.54, 1.807) is 11.3 Å². The van der Waals surface area contributed by atoms with Crippen molar-refractivity contribution in [2.24, 2.45) is 5.92 Å². The van der Waals surface area contributed by atoms with Gasteiger partial charge in [0.25, 0.3) is 0 Å². The molecule has 2 heterocycles. The van der Waals surface area contributed by atoms with Crippen LogP contribution in [0.4, 0.5) is 5.69 Å². The van der Waals surface area contributed by atoms with Crippen molar-refractivity contribution in [1.82, 2.24) is 4.98 Å². The molecule has 0 saturated carbocycles. The Balaban J connectivity index is 1.43. The number of benzene rings is 2. The molecule has 1 N–H and O–H groups in total. The fourth-order valence-corrected chi connectivity index (χ4v) is 6.29. The van der Waals surface area contributed by atoms with Crippen molar-refractivity contribution < 1.29 is 13.2 Å². The summed E-state index contributed by atoms with van der Waals surface area (Å²) in [5.41, 5.74) is 3.92. The first-order valence-corrected chi connectivity index (χ1v) is 11.5. The number of nitrogens with one attached hydrogen (secondary N) is 1. The number of amides is 1. The number of fused-ring (bicyclic) bond motifs is 1. The molecule has 3 aromatic rings. The molecule has 1 fully saturated rings. The zero-order valence-corrected chi connectivity index (χ0v) is 16.6. The number of hydrogen-bond donors (Lipinski definition) is 1. The van der Waals surface area contributed by atoms with E-state index in [1.165, 1.54) is 5.56 Å². The number of nitrogens with zero attached hydrogens (tertiary/aromatic N) is 1. The van der Waals surface area contributed by atoms with Gasteiger partial charge in [0, 0.05) is 17.7 Å². The third-order valence-electron chi connectivity index (χ3n) is 4.76. The number of carbonyl (C=O) groups excluding carboxylic acids is 1. The van der Waals surface area contributed by atoms with E-state index in [0.717, 1.165) is 20.8 Å². The van der Waals surface area contributed by atoms with Gasteiger partial charge in [0.05, 0.1) is 21.7 Å². The summed E-state index contributed by atoms with van der Waals surface area (Å²) in [6, 6.07) is 13.8. The lowest BCUT2D eigenvalue weighted by atomic mass is 10.0. The second-order valence-electron chi connectivity index (χ2n) is 7.09. The number of sulfone groups is 1. The van der Waals surface area contributed by atoms with Gasteiger partial charge in [-0.05, 0) is 61.2 Å². The van der Waals surface area contributed by atoms with Crippen LogP contribution >= 0.6 is 11.3 Å². The van der Waals surface area contributed by atoms with E-state index in [2.05, 4.69) is 29.4 Å². The molecule has 0 aliphatic carbocycles. The smallest absolute Gasteiger partial charge is 0.224 e. The Morgan fingerprint density at radius 3 is 2.70 bits per heavy atom. The number of rotatable bonds is 4. The quantitative estimate of drug-likeness (QED) is 0.717. The molecule has 27 heavy (non-hydrogen) atoms. The molecule has 7 heteroatoms. The summed E-state index contributed by atoms with van der Waals surface area (Å²) >= 11 is 1.65. The van der Waals surface area contributed by atoms with Crippen LogP contribution < -0.4 is 5.32 Å². The summed E-state index contributed by atoms with van der Waals surface area (Å²) in [5.74, 6) is 0.110. The van der Waals surface area contributed by atoms with Gasteiger partial charge in [-0.2, -0.15) is 0 Å². The Hall–Kier alpha value is -2.25. The lowest BCUT2D eigenvalue weighted by molar-refractivity contribution is -0.116. The Bertz CT molecular complexity index is 1100. The first kappa shape index (κ1) is 18.1. The molecule has 4 rings (SSSR count). The predicted octanol–water partition coefficient (Wildman–Crippen LogP) is 4.04. The van der Waals surface area contributed by atoms with Crippen molar-refractivity contribution in [2.45, 2.75) is 19.8 Å². The number of anilines is 1. The molecule has 1 saturated heterocycles. The lowest BCUT2D eigenvalue weighted by Gasteiger charge is -2.09. The average Bonchev–Trinajstić information content (AvgIpc) is 3.17. The fraction of sp³-hybridized carbons (Fsp3) is 0.300. The van der Waals surface area contributed by atoms with Crippen LogP contribution in [0.5, 0.6) is 0 Å². The van der Waals surface area contributed by atoms with Gasteiger partial charge in [-0.1, -0.05) is 6.07 Å². The number of aryl methyl sites for hydroxylation is 1. The predicted molar refractivity (Wildman–Crippen MR) is 110 cm³/mol. The summed E-state index contributed by atoms with van der Waals surface area (Å²) in [4.78, 5) is 16.8. The van der Waals surface area contributed by atoms with Crippen LogP contribution in [0.3, 0.4) is 0 Å². The van der Waals surface area contributed by atoms with Gasteiger partial charge in [0.15, 0.2) is 9.84 Å². The summed E-state index contributed by atoms with van der Waals surface area (Å²) in [6.07, 6.45) is 0.823. The first-order valence-electron chi connectivity index (χ1n) is 8.86. The first-order chi connectivity index (χ1) is 12.9. The minimum Gasteiger partial charge on any atom is -0.326 e. The van der Waals surface area contributed by atoms with Crippen LogP contribution in [0.2, 0.25) is 0 Å². The zero-order chi connectivity index (χ0) is 19.0. The molecule has 0 spiro atoms. The fourth-order valence-electron chi connectivity index (χ4n) is 3.36. The van der Waals surface area contributed by atoms with Gasteiger partial charge >= 0.3 is 0 Å². The maximum Gasteiger partial charge on any atom is 0.224 e. The Morgan fingerprint density at radius 1 is 1.22 bits per heavy atom. The number of aromatic nitrogens is 1. The van der Waals surface area contributed by atoms with Gasteiger partial charge in [-0.25, -0.2) is 13.4 Å². The highest BCUT2D eigenvalue weighted by Gasteiger charge is 2.29. The normalized spacial score (nSPS) is 18.6. The van der Waals surface area contributed by atoms with Crippen molar-refractivity contribution in [3.05, 3.63) is 48.0 Å². The van der Waals surface area contributed by atoms with Crippen LogP contribution in [-0.2, 0) is 14.6 Å². The number of hydrogen-bond acceptors (Lipinski definition) is 5. The second kappa shape index (κ2) is 7.05. The maximum absolute atomic E-state index is 12.2. The van der Waals surface area contributed by atoms with E-state index < -0.39 is 9.84 Å². The third kappa shape index (κ3) is 4.20. The maximum atomic E-state index is 12.2. The van der Waals surface area contributed by atoms with Gasteiger partial charge in [0.2, 0.25) is 5.91 Å². The largest absolute Gasteiger partial charge is 0.326 e. The second-order valence-corrected chi connectivity index (χ2v) is 10.3. The van der Waals surface area contributed by atoms with Gasteiger partial charge in [-0.3, -0.25) is 4.79 Å². The van der Waals surface area contributed by atoms with Crippen LogP contribution in [-0.4, -0.2) is 30.8 Å². The Kier molecular flexibility index (Phi) is 4.74. The molecule has 0 unspecified atom stereocenters. The van der Waals surface area contributed by atoms with Crippen molar-refractivity contribution in [2.75, 3.05) is 16.8 Å². The van der Waals surface area contributed by atoms with E-state index in [0.29, 0.717) is 12.1 Å². The van der Waals surface area contributed by atoms with Crippen molar-refractivity contribution in [3.63, 3.8) is 0 Å². The summed E-state index contributed by atoms with van der Waals surface area (Å²) < 4.78 is 24.2. The molecule has 0 bridgehead atoms. The molecular formula is C20H20N2O3S2. The van der Waals surface area contributed by atoms with Crippen LogP contribution in [0.1, 0.15) is 18.4 Å². The van der Waals surface area contributed by atoms with E-state index >= 15 is 0 Å². The third-order valence-corrected chi connectivity index (χ3v) is 7.66. The van der Waals surface area contributed by atoms with Crippen molar-refractivity contribution in [1.29, 1.82) is 0 Å². The molecule has 2 aromatic carbocycles. The highest BCUT2D eigenvalue weighted by Crippen LogP contribution is 2.31. The Labute approximate surface area is 162 Å². The molecule has 1 atom stereocenters. The van der Waals surface area contributed by atoms with E-state index in [-0.39, 0.29) is 29.8 Å². The van der Waals surface area contributed by atoms with Crippen LogP contribution in [0.15, 0.2) is 42.5 Å². The van der Waals surface area contributed by atoms with Gasteiger partial charge in [-0.15, -0.1) is 11.3 Å². The minimum absolute atomic E-state index is 0.0690. The molecular weight excluding hydrogens is 380 g/mol. The van der Waals surface area contributed by atoms with Gasteiger partial charge < -0.3 is 5.32 Å². The van der Waals surface area contributed by atoms with Gasteiger partial charge in [0.1, 0.15) is 5.01 Å². The summed E-state index contributed by atoms with van der Waals surface area (Å²) in [5, 5.41) is 3.81. The summed E-state index contributed by atoms with van der Waals surface area (Å²) in [7, 11) is -2.95. The lowest BCUT2D eigenvalue weighted by Crippen LogP contribution is -2.17. The zero-order valence-electron chi connectivity index (χ0n) is 14.9. The van der Waals surface area contributed by atoms with Crippen molar-refractivity contribution >= 4 is 43.0 Å². The van der Waals surface area contributed by atoms with E-state index in [9.17, 15) is 13.2 Å². The SMILES string of the molecule is Cc1ccc2nc(-c3ccc(NC(=O)C[C@@H]4CCS(=O)(=O)C4)cc3)sc2c1. The average molecular weight is 401 g/mol. The van der Waals surface area contributed by atoms with Crippen LogP contribution in [0.25, 0.3) is 20.8 Å². The summed E-state index contributed by atoms with van der Waals surface area (Å²) in [6.45, 7) is 2.07. The topological polar surface area (TPSA) is 76.1 Å². The number of thiazole rings is 1. The monoisotopic (exact) mass is 400 g/mol. The van der Waals surface area contributed by atoms with E-state index in [1.807, 2.05) is 30.3 Å². The highest BCUT2D eigenvalue weighted by atomic mass is 32.2. The molecule has 1 aliphatic heterocycles. The molecule has 1 amide bonds. The molecule has 1 aromatic heterocycles. The minimum atomic E-state index is -2.95.